The van der Waals surface area contributed by atoms with Gasteiger partial charge in [-0.1, -0.05) is 48.0 Å². The van der Waals surface area contributed by atoms with Crippen LogP contribution >= 0.6 is 11.6 Å². The van der Waals surface area contributed by atoms with Gasteiger partial charge in [0.1, 0.15) is 5.75 Å². The fourth-order valence-corrected chi connectivity index (χ4v) is 2.70. The molecule has 4 aromatic rings. The van der Waals surface area contributed by atoms with Crippen LogP contribution in [0.4, 0.5) is 8.78 Å². The van der Waals surface area contributed by atoms with Gasteiger partial charge >= 0.3 is 0 Å². The molecular weight excluding hydrogens is 362 g/mol. The molecule has 0 saturated carbocycles. The summed E-state index contributed by atoms with van der Waals surface area (Å²) in [5.41, 5.74) is 2.16. The van der Waals surface area contributed by atoms with Crippen molar-refractivity contribution in [2.24, 2.45) is 0 Å². The third-order valence-electron chi connectivity index (χ3n) is 3.71. The van der Waals surface area contributed by atoms with E-state index in [-0.39, 0.29) is 11.5 Å². The second-order valence-electron chi connectivity index (χ2n) is 5.41. The number of alkyl halides is 2. The van der Waals surface area contributed by atoms with Crippen molar-refractivity contribution < 1.29 is 13.5 Å². The van der Waals surface area contributed by atoms with E-state index in [2.05, 4.69) is 15.3 Å². The summed E-state index contributed by atoms with van der Waals surface area (Å²) in [6.07, 6.45) is -2.79. The monoisotopic (exact) mass is 372 g/mol. The number of hydrogen-bond acceptors (Lipinski definition) is 4. The minimum absolute atomic E-state index is 0.105. The van der Waals surface area contributed by atoms with Crippen LogP contribution in [-0.4, -0.2) is 19.8 Å². The Morgan fingerprint density at radius 3 is 2.46 bits per heavy atom. The minimum atomic E-state index is -2.79. The van der Waals surface area contributed by atoms with Gasteiger partial charge < -0.3 is 4.74 Å². The number of aromatic nitrogens is 4. The van der Waals surface area contributed by atoms with Crippen LogP contribution in [0.5, 0.6) is 11.6 Å². The molecule has 0 atom stereocenters. The Hall–Kier alpha value is -3.06. The first-order valence-corrected chi connectivity index (χ1v) is 8.03. The Balaban J connectivity index is 1.65. The minimum Gasteiger partial charge on any atom is -0.436 e. The molecule has 0 amide bonds. The maximum absolute atomic E-state index is 12.9. The van der Waals surface area contributed by atoms with Gasteiger partial charge in [-0.3, -0.25) is 0 Å². The Morgan fingerprint density at radius 2 is 1.73 bits per heavy atom. The van der Waals surface area contributed by atoms with E-state index in [1.54, 1.807) is 12.1 Å². The second kappa shape index (κ2) is 6.68. The molecule has 2 aromatic heterocycles. The van der Waals surface area contributed by atoms with Crippen LogP contribution in [0.15, 0.2) is 60.7 Å². The number of halogens is 3. The molecule has 0 spiro atoms. The predicted molar refractivity (Wildman–Crippen MR) is 92.7 cm³/mol. The number of nitrogens with zero attached hydrogens (tertiary/aromatic N) is 4. The fourth-order valence-electron chi connectivity index (χ4n) is 2.49. The zero-order chi connectivity index (χ0) is 18.1. The molecule has 0 unspecified atom stereocenters. The molecule has 2 heterocycles. The van der Waals surface area contributed by atoms with Gasteiger partial charge in [-0.2, -0.15) is 4.52 Å². The maximum atomic E-state index is 12.9. The molecule has 26 heavy (non-hydrogen) atoms. The highest BCUT2D eigenvalue weighted by atomic mass is 35.5. The Morgan fingerprint density at radius 1 is 0.923 bits per heavy atom. The van der Waals surface area contributed by atoms with Crippen molar-refractivity contribution in [3.05, 3.63) is 71.5 Å². The van der Waals surface area contributed by atoms with Gasteiger partial charge in [0.25, 0.3) is 6.43 Å². The Labute approximate surface area is 151 Å². The molecule has 5 nitrogen and oxygen atoms in total. The highest BCUT2D eigenvalue weighted by molar-refractivity contribution is 6.32. The summed E-state index contributed by atoms with van der Waals surface area (Å²) in [7, 11) is 0. The molecule has 0 fully saturated rings. The van der Waals surface area contributed by atoms with Crippen molar-refractivity contribution in [3.63, 3.8) is 0 Å². The van der Waals surface area contributed by atoms with E-state index in [0.29, 0.717) is 10.8 Å². The molecule has 0 aliphatic carbocycles. The highest BCUT2D eigenvalue weighted by Crippen LogP contribution is 2.33. The molecule has 0 radical (unpaired) electrons. The summed E-state index contributed by atoms with van der Waals surface area (Å²) >= 11 is 6.30. The van der Waals surface area contributed by atoms with Gasteiger partial charge in [0, 0.05) is 6.07 Å². The first-order chi connectivity index (χ1) is 12.6. The smallest absolute Gasteiger partial charge is 0.299 e. The molecule has 0 bridgehead atoms. The van der Waals surface area contributed by atoms with Crippen LogP contribution in [0.2, 0.25) is 5.02 Å². The van der Waals surface area contributed by atoms with Crippen molar-refractivity contribution in [1.29, 1.82) is 0 Å². The lowest BCUT2D eigenvalue weighted by molar-refractivity contribution is 0.137. The third-order valence-corrected chi connectivity index (χ3v) is 4.01. The molecule has 0 aliphatic heterocycles. The van der Waals surface area contributed by atoms with E-state index < -0.39 is 12.2 Å². The zero-order valence-electron chi connectivity index (χ0n) is 13.2. The van der Waals surface area contributed by atoms with Crippen molar-refractivity contribution in [2.75, 3.05) is 0 Å². The molecule has 8 heteroatoms. The largest absolute Gasteiger partial charge is 0.436 e. The lowest BCUT2D eigenvalue weighted by Crippen LogP contribution is -2.01. The molecule has 0 saturated heterocycles. The molecule has 0 aliphatic rings. The summed E-state index contributed by atoms with van der Waals surface area (Å²) in [5.74, 6) is -0.0746. The van der Waals surface area contributed by atoms with Gasteiger partial charge in [-0.15, -0.1) is 15.3 Å². The average Bonchev–Trinajstić information content (AvgIpc) is 3.07. The Kier molecular flexibility index (Phi) is 4.22. The maximum Gasteiger partial charge on any atom is 0.299 e. The number of hydrogen-bond donors (Lipinski definition) is 0. The summed E-state index contributed by atoms with van der Waals surface area (Å²) in [4.78, 5) is 0. The van der Waals surface area contributed by atoms with Crippen LogP contribution in [-0.2, 0) is 0 Å². The predicted octanol–water partition coefficient (Wildman–Crippen LogP) is 5.17. The first-order valence-electron chi connectivity index (χ1n) is 7.65. The van der Waals surface area contributed by atoms with Gasteiger partial charge in [0.2, 0.25) is 11.7 Å². The van der Waals surface area contributed by atoms with Crippen LogP contribution in [0.3, 0.4) is 0 Å². The number of ether oxygens (including phenoxy) is 1. The summed E-state index contributed by atoms with van der Waals surface area (Å²) in [6, 6.07) is 18.1. The van der Waals surface area contributed by atoms with Crippen molar-refractivity contribution in [2.45, 2.75) is 6.43 Å². The number of rotatable bonds is 4. The van der Waals surface area contributed by atoms with Crippen LogP contribution in [0.25, 0.3) is 16.8 Å². The molecule has 0 N–H and O–H groups in total. The second-order valence-corrected chi connectivity index (χ2v) is 5.82. The van der Waals surface area contributed by atoms with Crippen molar-refractivity contribution >= 4 is 17.2 Å². The number of benzene rings is 2. The van der Waals surface area contributed by atoms with E-state index in [0.717, 1.165) is 15.6 Å². The normalized spacial score (nSPS) is 11.2. The lowest BCUT2D eigenvalue weighted by atomic mass is 10.1. The van der Waals surface area contributed by atoms with Gasteiger partial charge in [0.05, 0.1) is 5.02 Å². The molecule has 4 rings (SSSR count). The fraction of sp³-hybridized carbons (Fsp3) is 0.0556. The standard InChI is InChI=1S/C18H11ClF2N4O/c19-13-10-12(11-4-2-1-3-5-11)6-7-14(13)26-16-9-8-15-22-23-18(17(20)21)25(15)24-16/h1-10,17H. The zero-order valence-corrected chi connectivity index (χ0v) is 13.9. The van der Waals surface area contributed by atoms with E-state index in [9.17, 15) is 8.78 Å². The SMILES string of the molecule is FC(F)c1nnc2ccc(Oc3ccc(-c4ccccc4)cc3Cl)nn12. The number of fused-ring (bicyclic) bond motifs is 1. The van der Waals surface area contributed by atoms with Gasteiger partial charge in [-0.25, -0.2) is 8.78 Å². The quantitative estimate of drug-likeness (QED) is 0.495. The molecule has 2 aromatic carbocycles. The Bertz CT molecular complexity index is 1070. The summed E-state index contributed by atoms with van der Waals surface area (Å²) < 4.78 is 32.5. The van der Waals surface area contributed by atoms with Gasteiger partial charge in [0.15, 0.2) is 5.65 Å². The van der Waals surface area contributed by atoms with Crippen LogP contribution in [0, 0.1) is 0 Å². The van der Waals surface area contributed by atoms with Crippen molar-refractivity contribution in [3.8, 4) is 22.8 Å². The van der Waals surface area contributed by atoms with Crippen LogP contribution in [0.1, 0.15) is 12.2 Å². The highest BCUT2D eigenvalue weighted by Gasteiger charge is 2.17. The molecular formula is C18H11ClF2N4O. The van der Waals surface area contributed by atoms with E-state index in [1.807, 2.05) is 36.4 Å². The van der Waals surface area contributed by atoms with Crippen molar-refractivity contribution in [1.82, 2.24) is 19.8 Å². The summed E-state index contributed by atoms with van der Waals surface area (Å²) in [5, 5.41) is 11.4. The topological polar surface area (TPSA) is 52.3 Å². The van der Waals surface area contributed by atoms with Crippen LogP contribution < -0.4 is 4.74 Å². The van der Waals surface area contributed by atoms with E-state index in [4.69, 9.17) is 16.3 Å². The average molecular weight is 373 g/mol. The summed E-state index contributed by atoms with van der Waals surface area (Å²) in [6.45, 7) is 0. The van der Waals surface area contributed by atoms with Gasteiger partial charge in [-0.05, 0) is 29.3 Å². The third kappa shape index (κ3) is 3.09. The van der Waals surface area contributed by atoms with E-state index >= 15 is 0 Å². The first kappa shape index (κ1) is 16.4. The van der Waals surface area contributed by atoms with E-state index in [1.165, 1.54) is 12.1 Å². The molecule has 130 valence electrons. The lowest BCUT2D eigenvalue weighted by Gasteiger charge is -2.09.